The van der Waals surface area contributed by atoms with Crippen LogP contribution in [0.1, 0.15) is 19.4 Å². The lowest BCUT2D eigenvalue weighted by Gasteiger charge is -2.21. The van der Waals surface area contributed by atoms with Gasteiger partial charge in [0.15, 0.2) is 0 Å². The fourth-order valence-electron chi connectivity index (χ4n) is 2.14. The number of nitrogens with zero attached hydrogens (tertiary/aromatic N) is 3. The van der Waals surface area contributed by atoms with E-state index in [1.807, 2.05) is 6.26 Å². The minimum absolute atomic E-state index is 0.236. The summed E-state index contributed by atoms with van der Waals surface area (Å²) in [5, 5.41) is 21.5. The zero-order valence-corrected chi connectivity index (χ0v) is 14.1. The second kappa shape index (κ2) is 7.91. The molecule has 0 unspecified atom stereocenters. The molecule has 1 N–H and O–H groups in total. The number of rotatable bonds is 7. The molecule has 0 spiro atoms. The number of hydrogen-bond donors (Lipinski definition) is 1. The van der Waals surface area contributed by atoms with Crippen molar-refractivity contribution in [2.45, 2.75) is 25.4 Å². The minimum Gasteiger partial charge on any atom is -0.548 e. The highest BCUT2D eigenvalue weighted by Gasteiger charge is 2.22. The number of amides is 1. The smallest absolute Gasteiger partial charge is 0.278 e. The molecule has 2 rings (SSSR count). The van der Waals surface area contributed by atoms with E-state index in [1.165, 1.54) is 18.7 Å². The molecular formula is C15H17N4O4S-. The first-order valence-corrected chi connectivity index (χ1v) is 8.69. The molecule has 9 heteroatoms. The molecule has 0 saturated carbocycles. The number of hydrogen-bond acceptors (Lipinski definition) is 7. The van der Waals surface area contributed by atoms with E-state index in [9.17, 15) is 19.5 Å². The number of carboxylic acids is 1. The summed E-state index contributed by atoms with van der Waals surface area (Å²) in [6, 6.07) is 4.55. The number of thioether (sulfide) groups is 1. The highest BCUT2D eigenvalue weighted by atomic mass is 32.2. The van der Waals surface area contributed by atoms with Gasteiger partial charge in [0.2, 0.25) is 5.91 Å². The van der Waals surface area contributed by atoms with Gasteiger partial charge in [-0.3, -0.25) is 9.59 Å². The minimum atomic E-state index is -1.36. The van der Waals surface area contributed by atoms with Crippen LogP contribution >= 0.6 is 11.8 Å². The third-order valence-electron chi connectivity index (χ3n) is 3.55. The average molecular weight is 349 g/mol. The van der Waals surface area contributed by atoms with E-state index in [0.29, 0.717) is 16.7 Å². The van der Waals surface area contributed by atoms with Gasteiger partial charge < -0.3 is 15.2 Å². The van der Waals surface area contributed by atoms with Gasteiger partial charge in [-0.15, -0.1) is 5.10 Å². The summed E-state index contributed by atoms with van der Waals surface area (Å²) in [6.07, 6.45) is 2.07. The standard InChI is InChI=1S/C15H18N4O4S/c1-9(13(20)16-12(15(22)23)7-8-24-2)19-14(21)10-5-3-4-6-11(10)17-18-19/h3-6,9,12H,7-8H2,1-2H3,(H,16,20)(H,22,23)/p-1/t9-,12-/m0/s1. The highest BCUT2D eigenvalue weighted by Crippen LogP contribution is 2.08. The Morgan fingerprint density at radius 1 is 1.38 bits per heavy atom. The third-order valence-corrected chi connectivity index (χ3v) is 4.19. The van der Waals surface area contributed by atoms with E-state index >= 15 is 0 Å². The van der Waals surface area contributed by atoms with Gasteiger partial charge in [0.25, 0.3) is 5.56 Å². The van der Waals surface area contributed by atoms with E-state index in [0.717, 1.165) is 4.68 Å². The van der Waals surface area contributed by atoms with Gasteiger partial charge in [-0.25, -0.2) is 0 Å². The van der Waals surface area contributed by atoms with Crippen molar-refractivity contribution >= 4 is 34.5 Å². The van der Waals surface area contributed by atoms with Crippen LogP contribution in [0.3, 0.4) is 0 Å². The Balaban J connectivity index is 2.23. The summed E-state index contributed by atoms with van der Waals surface area (Å²) in [4.78, 5) is 35.8. The summed E-state index contributed by atoms with van der Waals surface area (Å²) in [5.74, 6) is -1.43. The lowest BCUT2D eigenvalue weighted by atomic mass is 10.2. The lowest BCUT2D eigenvalue weighted by Crippen LogP contribution is -2.50. The normalized spacial score (nSPS) is 13.4. The number of carboxylic acid groups (broad SMARTS) is 1. The Kier molecular flexibility index (Phi) is 5.91. The molecule has 1 aromatic heterocycles. The van der Waals surface area contributed by atoms with Crippen LogP contribution in [0.5, 0.6) is 0 Å². The number of benzene rings is 1. The molecule has 0 fully saturated rings. The maximum Gasteiger partial charge on any atom is 0.278 e. The summed E-state index contributed by atoms with van der Waals surface area (Å²) in [7, 11) is 0. The number of nitrogens with one attached hydrogen (secondary N) is 1. The van der Waals surface area contributed by atoms with Crippen molar-refractivity contribution in [3.05, 3.63) is 34.6 Å². The number of aliphatic carboxylic acids is 1. The molecular weight excluding hydrogens is 332 g/mol. The Labute approximate surface area is 142 Å². The third kappa shape index (κ3) is 3.91. The Morgan fingerprint density at radius 2 is 2.08 bits per heavy atom. The highest BCUT2D eigenvalue weighted by molar-refractivity contribution is 7.98. The molecule has 0 aliphatic carbocycles. The van der Waals surface area contributed by atoms with Crippen LogP contribution in [0.25, 0.3) is 10.9 Å². The SMILES string of the molecule is CSCC[C@H](NC(=O)[C@H](C)n1nnc2ccccc2c1=O)C(=O)[O-]. The van der Waals surface area contributed by atoms with Crippen molar-refractivity contribution in [2.75, 3.05) is 12.0 Å². The first kappa shape index (κ1) is 17.9. The fraction of sp³-hybridized carbons (Fsp3) is 0.400. The molecule has 8 nitrogen and oxygen atoms in total. The van der Waals surface area contributed by atoms with Gasteiger partial charge >= 0.3 is 0 Å². The fourth-order valence-corrected chi connectivity index (χ4v) is 2.61. The van der Waals surface area contributed by atoms with Crippen LogP contribution in [-0.2, 0) is 9.59 Å². The van der Waals surface area contributed by atoms with E-state index < -0.39 is 29.5 Å². The van der Waals surface area contributed by atoms with Crippen LogP contribution < -0.4 is 16.0 Å². The molecule has 2 atom stereocenters. The van der Waals surface area contributed by atoms with Crippen LogP contribution in [0, 0.1) is 0 Å². The van der Waals surface area contributed by atoms with Gasteiger partial charge in [0.1, 0.15) is 11.6 Å². The van der Waals surface area contributed by atoms with E-state index in [1.54, 1.807) is 24.3 Å². The van der Waals surface area contributed by atoms with Crippen LogP contribution in [0.4, 0.5) is 0 Å². The first-order valence-electron chi connectivity index (χ1n) is 7.30. The molecule has 0 bridgehead atoms. The summed E-state index contributed by atoms with van der Waals surface area (Å²) < 4.78 is 0.943. The zero-order chi connectivity index (χ0) is 17.7. The van der Waals surface area contributed by atoms with E-state index in [2.05, 4.69) is 15.6 Å². The molecule has 0 saturated heterocycles. The second-order valence-electron chi connectivity index (χ2n) is 5.19. The molecule has 2 aromatic rings. The van der Waals surface area contributed by atoms with Crippen molar-refractivity contribution in [3.63, 3.8) is 0 Å². The van der Waals surface area contributed by atoms with E-state index in [-0.39, 0.29) is 6.42 Å². The lowest BCUT2D eigenvalue weighted by molar-refractivity contribution is -0.308. The van der Waals surface area contributed by atoms with Crippen LogP contribution in [0.2, 0.25) is 0 Å². The molecule has 1 amide bonds. The molecule has 0 radical (unpaired) electrons. The topological polar surface area (TPSA) is 117 Å². The van der Waals surface area contributed by atoms with Crippen molar-refractivity contribution < 1.29 is 14.7 Å². The predicted octanol–water partition coefficient (Wildman–Crippen LogP) is -0.660. The van der Waals surface area contributed by atoms with E-state index in [4.69, 9.17) is 0 Å². The van der Waals surface area contributed by atoms with Crippen molar-refractivity contribution in [2.24, 2.45) is 0 Å². The molecule has 0 aliphatic rings. The monoisotopic (exact) mass is 349 g/mol. The van der Waals surface area contributed by atoms with Gasteiger partial charge in [-0.2, -0.15) is 16.4 Å². The largest absolute Gasteiger partial charge is 0.548 e. The van der Waals surface area contributed by atoms with Gasteiger partial charge in [-0.1, -0.05) is 17.3 Å². The number of fused-ring (bicyclic) bond motifs is 1. The molecule has 24 heavy (non-hydrogen) atoms. The van der Waals surface area contributed by atoms with Crippen molar-refractivity contribution in [1.82, 2.24) is 20.3 Å². The number of carbonyl (C=O) groups is 2. The van der Waals surface area contributed by atoms with Crippen molar-refractivity contribution in [1.29, 1.82) is 0 Å². The molecule has 1 aromatic carbocycles. The predicted molar refractivity (Wildman–Crippen MR) is 88.4 cm³/mol. The van der Waals surface area contributed by atoms with Crippen LogP contribution in [0.15, 0.2) is 29.1 Å². The number of carbonyl (C=O) groups excluding carboxylic acids is 2. The van der Waals surface area contributed by atoms with Gasteiger partial charge in [0.05, 0.1) is 17.4 Å². The second-order valence-corrected chi connectivity index (χ2v) is 6.18. The van der Waals surface area contributed by atoms with Gasteiger partial charge in [-0.05, 0) is 37.5 Å². The Morgan fingerprint density at radius 3 is 2.75 bits per heavy atom. The number of aromatic nitrogens is 3. The van der Waals surface area contributed by atoms with Crippen LogP contribution in [-0.4, -0.2) is 44.9 Å². The average Bonchev–Trinajstić information content (AvgIpc) is 2.58. The van der Waals surface area contributed by atoms with Crippen molar-refractivity contribution in [3.8, 4) is 0 Å². The Hall–Kier alpha value is -2.42. The molecule has 128 valence electrons. The maximum absolute atomic E-state index is 12.4. The zero-order valence-electron chi connectivity index (χ0n) is 13.3. The molecule has 0 aliphatic heterocycles. The van der Waals surface area contributed by atoms with Gasteiger partial charge in [0, 0.05) is 0 Å². The summed E-state index contributed by atoms with van der Waals surface area (Å²) >= 11 is 1.46. The maximum atomic E-state index is 12.4. The molecule has 1 heterocycles. The summed E-state index contributed by atoms with van der Waals surface area (Å²) in [5.41, 5.74) is -0.0312. The quantitative estimate of drug-likeness (QED) is 0.705. The first-order chi connectivity index (χ1) is 11.5. The summed E-state index contributed by atoms with van der Waals surface area (Å²) in [6.45, 7) is 1.46. The Bertz CT molecular complexity index is 807.